The molecule has 0 bridgehead atoms. The molecule has 0 radical (unpaired) electrons. The Hall–Kier alpha value is -1.98. The third-order valence-corrected chi connectivity index (χ3v) is 4.06. The first kappa shape index (κ1) is 16.4. The monoisotopic (exact) mass is 341 g/mol. The van der Waals surface area contributed by atoms with Crippen LogP contribution in [0, 0.1) is 0 Å². The zero-order chi connectivity index (χ0) is 16.6. The third kappa shape index (κ3) is 2.82. The maximum Gasteiger partial charge on any atom is 0.334 e. The molecule has 0 fully saturated rings. The summed E-state index contributed by atoms with van der Waals surface area (Å²) in [5.74, 6) is -3.37. The molecule has 1 aromatic rings. The number of allylic oxidation sites excluding steroid dienone is 2. The number of halogens is 2. The van der Waals surface area contributed by atoms with Gasteiger partial charge in [0.05, 0.1) is 17.1 Å². The van der Waals surface area contributed by atoms with Gasteiger partial charge >= 0.3 is 11.9 Å². The van der Waals surface area contributed by atoms with Crippen LogP contribution in [-0.2, 0) is 9.59 Å². The Morgan fingerprint density at radius 2 is 1.55 bits per heavy atom. The van der Waals surface area contributed by atoms with E-state index in [-0.39, 0.29) is 16.2 Å². The predicted molar refractivity (Wildman–Crippen MR) is 83.0 cm³/mol. The molecule has 1 aliphatic heterocycles. The number of rotatable bonds is 3. The van der Waals surface area contributed by atoms with Crippen molar-refractivity contribution >= 4 is 35.1 Å². The maximum absolute atomic E-state index is 11.6. The van der Waals surface area contributed by atoms with Gasteiger partial charge in [0.1, 0.15) is 0 Å². The molecule has 0 saturated carbocycles. The summed E-state index contributed by atoms with van der Waals surface area (Å²) in [6.45, 7) is 3.17. The fourth-order valence-corrected chi connectivity index (χ4v) is 3.13. The fraction of sp³-hybridized carbons (Fsp3) is 0.200. The molecule has 116 valence electrons. The van der Waals surface area contributed by atoms with Crippen LogP contribution < -0.4 is 5.32 Å². The Labute approximate surface area is 136 Å². The van der Waals surface area contributed by atoms with Gasteiger partial charge < -0.3 is 15.5 Å². The van der Waals surface area contributed by atoms with Crippen LogP contribution >= 0.6 is 23.2 Å². The average Bonchev–Trinajstić information content (AvgIpc) is 2.36. The molecule has 0 aliphatic carbocycles. The van der Waals surface area contributed by atoms with Crippen molar-refractivity contribution in [3.8, 4) is 0 Å². The van der Waals surface area contributed by atoms with Crippen molar-refractivity contribution in [3.05, 3.63) is 56.3 Å². The molecule has 0 atom stereocenters. The molecule has 5 nitrogen and oxygen atoms in total. The Balaban J connectivity index is 2.75. The lowest BCUT2D eigenvalue weighted by Crippen LogP contribution is -2.31. The van der Waals surface area contributed by atoms with Gasteiger partial charge in [-0.05, 0) is 31.5 Å². The number of carbonyl (C=O) groups is 2. The lowest BCUT2D eigenvalue weighted by Gasteiger charge is -2.29. The standard InChI is InChI=1S/C15H13Cl2NO4/c1-6-11(14(19)20)13(12(15(21)22)7(2)18-6)9-4-3-8(16)5-10(9)17/h3-5,13,18H,1-2H3,(H,19,20)(H,21,22). The summed E-state index contributed by atoms with van der Waals surface area (Å²) in [5.41, 5.74) is 1.05. The number of benzene rings is 1. The number of aliphatic carboxylic acids is 2. The summed E-state index contributed by atoms with van der Waals surface area (Å²) in [5, 5.41) is 22.4. The van der Waals surface area contributed by atoms with E-state index < -0.39 is 17.9 Å². The van der Waals surface area contributed by atoms with Gasteiger partial charge in [-0.1, -0.05) is 29.3 Å². The van der Waals surface area contributed by atoms with Crippen molar-refractivity contribution < 1.29 is 19.8 Å². The van der Waals surface area contributed by atoms with Crippen molar-refractivity contribution in [2.75, 3.05) is 0 Å². The molecule has 0 aromatic heterocycles. The molecular weight excluding hydrogens is 329 g/mol. The van der Waals surface area contributed by atoms with Crippen LogP contribution in [0.2, 0.25) is 10.0 Å². The largest absolute Gasteiger partial charge is 0.478 e. The predicted octanol–water partition coefficient (Wildman–Crippen LogP) is 3.40. The second-order valence-corrected chi connectivity index (χ2v) is 5.76. The van der Waals surface area contributed by atoms with Gasteiger partial charge in [0, 0.05) is 21.4 Å². The Morgan fingerprint density at radius 3 is 1.95 bits per heavy atom. The highest BCUT2D eigenvalue weighted by Gasteiger charge is 2.37. The lowest BCUT2D eigenvalue weighted by molar-refractivity contribution is -0.133. The van der Waals surface area contributed by atoms with Crippen LogP contribution in [-0.4, -0.2) is 22.2 Å². The van der Waals surface area contributed by atoms with Crippen LogP contribution in [0.1, 0.15) is 25.3 Å². The second kappa shape index (κ2) is 6.02. The fourth-order valence-electron chi connectivity index (χ4n) is 2.61. The number of dihydropyridines is 1. The topological polar surface area (TPSA) is 86.6 Å². The first-order valence-electron chi connectivity index (χ1n) is 6.34. The third-order valence-electron chi connectivity index (χ3n) is 3.49. The van der Waals surface area contributed by atoms with E-state index in [1.54, 1.807) is 26.0 Å². The van der Waals surface area contributed by atoms with E-state index in [1.807, 2.05) is 0 Å². The van der Waals surface area contributed by atoms with Crippen LogP contribution in [0.3, 0.4) is 0 Å². The number of carboxylic acids is 2. The van der Waals surface area contributed by atoms with E-state index in [2.05, 4.69) is 5.32 Å². The van der Waals surface area contributed by atoms with Gasteiger partial charge in [0.25, 0.3) is 0 Å². The molecule has 3 N–H and O–H groups in total. The summed E-state index contributed by atoms with van der Waals surface area (Å²) in [6.07, 6.45) is 0. The van der Waals surface area contributed by atoms with Crippen molar-refractivity contribution in [2.24, 2.45) is 0 Å². The molecule has 0 amide bonds. The summed E-state index contributed by atoms with van der Waals surface area (Å²) < 4.78 is 0. The first-order valence-corrected chi connectivity index (χ1v) is 7.09. The number of nitrogens with one attached hydrogen (secondary N) is 1. The summed E-state index contributed by atoms with van der Waals surface area (Å²) in [4.78, 5) is 23.2. The van der Waals surface area contributed by atoms with E-state index in [4.69, 9.17) is 23.2 Å². The highest BCUT2D eigenvalue weighted by molar-refractivity contribution is 6.35. The SMILES string of the molecule is CC1=C(C(=O)O)C(c2ccc(Cl)cc2Cl)C(C(=O)O)=C(C)N1. The highest BCUT2D eigenvalue weighted by Crippen LogP contribution is 2.41. The zero-order valence-electron chi connectivity index (χ0n) is 11.8. The van der Waals surface area contributed by atoms with Gasteiger partial charge in [-0.3, -0.25) is 0 Å². The lowest BCUT2D eigenvalue weighted by atomic mass is 9.80. The van der Waals surface area contributed by atoms with E-state index in [0.29, 0.717) is 22.0 Å². The highest BCUT2D eigenvalue weighted by atomic mass is 35.5. The van der Waals surface area contributed by atoms with Crippen molar-refractivity contribution in [3.63, 3.8) is 0 Å². The Kier molecular flexibility index (Phi) is 4.49. The van der Waals surface area contributed by atoms with Gasteiger partial charge in [-0.2, -0.15) is 0 Å². The van der Waals surface area contributed by atoms with Gasteiger partial charge in [-0.25, -0.2) is 9.59 Å². The van der Waals surface area contributed by atoms with Crippen molar-refractivity contribution in [1.29, 1.82) is 0 Å². The van der Waals surface area contributed by atoms with E-state index in [9.17, 15) is 19.8 Å². The van der Waals surface area contributed by atoms with Crippen LogP contribution in [0.25, 0.3) is 0 Å². The van der Waals surface area contributed by atoms with Crippen LogP contribution in [0.5, 0.6) is 0 Å². The smallest absolute Gasteiger partial charge is 0.334 e. The molecule has 22 heavy (non-hydrogen) atoms. The molecule has 0 unspecified atom stereocenters. The molecule has 0 spiro atoms. The number of hydrogen-bond acceptors (Lipinski definition) is 3. The van der Waals surface area contributed by atoms with E-state index in [0.717, 1.165) is 0 Å². The van der Waals surface area contributed by atoms with Gasteiger partial charge in [-0.15, -0.1) is 0 Å². The first-order chi connectivity index (χ1) is 10.2. The molecule has 1 heterocycles. The Bertz CT molecular complexity index is 701. The summed E-state index contributed by atoms with van der Waals surface area (Å²) in [7, 11) is 0. The number of carboxylic acid groups (broad SMARTS) is 2. The minimum absolute atomic E-state index is 0.0489. The quantitative estimate of drug-likeness (QED) is 0.784. The summed E-state index contributed by atoms with van der Waals surface area (Å²) in [6, 6.07) is 4.56. The molecule has 0 saturated heterocycles. The van der Waals surface area contributed by atoms with Crippen LogP contribution in [0.15, 0.2) is 40.7 Å². The minimum atomic E-state index is -1.20. The van der Waals surface area contributed by atoms with Crippen molar-refractivity contribution in [1.82, 2.24) is 5.32 Å². The minimum Gasteiger partial charge on any atom is -0.478 e. The average molecular weight is 342 g/mol. The number of hydrogen-bond donors (Lipinski definition) is 3. The molecule has 7 heteroatoms. The molecule has 2 rings (SSSR count). The van der Waals surface area contributed by atoms with Crippen molar-refractivity contribution in [2.45, 2.75) is 19.8 Å². The van der Waals surface area contributed by atoms with Crippen LogP contribution in [0.4, 0.5) is 0 Å². The summed E-state index contributed by atoms with van der Waals surface area (Å²) >= 11 is 12.0. The maximum atomic E-state index is 11.6. The van der Waals surface area contributed by atoms with Gasteiger partial charge in [0.15, 0.2) is 0 Å². The zero-order valence-corrected chi connectivity index (χ0v) is 13.3. The molecule has 1 aromatic carbocycles. The second-order valence-electron chi connectivity index (χ2n) is 4.91. The van der Waals surface area contributed by atoms with E-state index in [1.165, 1.54) is 6.07 Å². The molecular formula is C15H13Cl2NO4. The van der Waals surface area contributed by atoms with E-state index >= 15 is 0 Å². The molecule has 1 aliphatic rings. The Morgan fingerprint density at radius 1 is 1.05 bits per heavy atom. The van der Waals surface area contributed by atoms with Gasteiger partial charge in [0.2, 0.25) is 0 Å². The normalized spacial score (nSPS) is 15.8.